The van der Waals surface area contributed by atoms with Crippen molar-refractivity contribution in [1.82, 2.24) is 20.5 Å². The molecule has 0 radical (unpaired) electrons. The molecule has 3 aliphatic rings. The molecule has 3 aliphatic heterocycles. The number of anilines is 2. The molecule has 1 atom stereocenters. The summed E-state index contributed by atoms with van der Waals surface area (Å²) < 4.78 is 30.1. The Kier molecular flexibility index (Phi) is 5.29. The molecule has 3 aromatic rings. The first-order valence-electron chi connectivity index (χ1n) is 14.3. The molecular weight excluding hydrogens is 468 g/mol. The summed E-state index contributed by atoms with van der Waals surface area (Å²) in [6.07, 6.45) is 3.22. The van der Waals surface area contributed by atoms with Crippen molar-refractivity contribution in [2.24, 2.45) is 5.41 Å². The van der Waals surface area contributed by atoms with Crippen molar-refractivity contribution < 1.29 is 18.4 Å². The molecular formula is C28H32N6O3. The predicted molar refractivity (Wildman–Crippen MR) is 140 cm³/mol. The molecule has 1 spiro atoms. The summed E-state index contributed by atoms with van der Waals surface area (Å²) in [5.74, 6) is -0.883. The van der Waals surface area contributed by atoms with Crippen molar-refractivity contribution in [3.8, 4) is 0 Å². The predicted octanol–water partition coefficient (Wildman–Crippen LogP) is 2.72. The van der Waals surface area contributed by atoms with Crippen LogP contribution in [0, 0.1) is 5.41 Å². The van der Waals surface area contributed by atoms with Gasteiger partial charge in [0.25, 0.3) is 5.91 Å². The molecule has 0 unspecified atom stereocenters. The third-order valence-electron chi connectivity index (χ3n) is 7.76. The Morgan fingerprint density at radius 1 is 1.22 bits per heavy atom. The molecule has 2 saturated heterocycles. The van der Waals surface area contributed by atoms with Gasteiger partial charge in [0.15, 0.2) is 0 Å². The Morgan fingerprint density at radius 2 is 2.03 bits per heavy atom. The van der Waals surface area contributed by atoms with Crippen LogP contribution >= 0.6 is 0 Å². The number of carbonyl (C=O) groups excluding carboxylic acids is 2. The van der Waals surface area contributed by atoms with Crippen LogP contribution in [-0.4, -0.2) is 66.3 Å². The summed E-state index contributed by atoms with van der Waals surface area (Å²) in [6.45, 7) is 0.599. The van der Waals surface area contributed by atoms with Crippen molar-refractivity contribution >= 4 is 23.2 Å². The number of H-pyrrole nitrogens is 1. The highest BCUT2D eigenvalue weighted by Gasteiger charge is 2.44. The third kappa shape index (κ3) is 4.71. The van der Waals surface area contributed by atoms with Gasteiger partial charge in [-0.1, -0.05) is 36.4 Å². The summed E-state index contributed by atoms with van der Waals surface area (Å²) in [4.78, 5) is 34.0. The van der Waals surface area contributed by atoms with Crippen LogP contribution in [0.2, 0.25) is 0 Å². The van der Waals surface area contributed by atoms with Gasteiger partial charge in [-0.3, -0.25) is 14.7 Å². The van der Waals surface area contributed by atoms with Crippen molar-refractivity contribution in [2.75, 3.05) is 43.1 Å². The van der Waals surface area contributed by atoms with E-state index in [1.165, 1.54) is 0 Å². The quantitative estimate of drug-likeness (QED) is 0.555. The van der Waals surface area contributed by atoms with E-state index in [0.29, 0.717) is 24.4 Å². The number of ether oxygens (including phenoxy) is 1. The summed E-state index contributed by atoms with van der Waals surface area (Å²) >= 11 is 0. The van der Waals surface area contributed by atoms with Crippen molar-refractivity contribution in [2.45, 2.75) is 38.1 Å². The Bertz CT molecular complexity index is 1400. The highest BCUT2D eigenvalue weighted by atomic mass is 16.5. The number of benzene rings is 2. The summed E-state index contributed by atoms with van der Waals surface area (Å²) in [5.41, 5.74) is 3.29. The molecule has 0 bridgehead atoms. The van der Waals surface area contributed by atoms with E-state index in [2.05, 4.69) is 25.4 Å². The lowest BCUT2D eigenvalue weighted by molar-refractivity contribution is -0.120. The van der Waals surface area contributed by atoms with Crippen LogP contribution in [0.25, 0.3) is 0 Å². The molecule has 0 aliphatic carbocycles. The Labute approximate surface area is 220 Å². The number of rotatable bonds is 5. The van der Waals surface area contributed by atoms with E-state index in [1.807, 2.05) is 42.5 Å². The lowest BCUT2D eigenvalue weighted by Gasteiger charge is -2.53. The third-order valence-corrected chi connectivity index (χ3v) is 7.76. The van der Waals surface area contributed by atoms with Gasteiger partial charge >= 0.3 is 0 Å². The second-order valence-corrected chi connectivity index (χ2v) is 10.3. The van der Waals surface area contributed by atoms with E-state index in [4.69, 9.17) is 8.85 Å². The fraction of sp³-hybridized carbons (Fsp3) is 0.429. The van der Waals surface area contributed by atoms with Crippen LogP contribution in [0.3, 0.4) is 0 Å². The van der Waals surface area contributed by atoms with Crippen LogP contribution in [0.15, 0.2) is 48.5 Å². The normalized spacial score (nSPS) is 22.3. The number of nitrogens with zero attached hydrogens (tertiary/aromatic N) is 4. The second kappa shape index (κ2) is 9.63. The largest absolute Gasteiger partial charge is 0.381 e. The molecule has 2 aromatic carbocycles. The van der Waals surface area contributed by atoms with E-state index < -0.39 is 24.8 Å². The topological polar surface area (TPSA) is 103 Å². The molecule has 6 rings (SSSR count). The minimum atomic E-state index is -2.72. The number of aromatic amines is 1. The maximum Gasteiger partial charge on any atom is 0.291 e. The lowest BCUT2D eigenvalue weighted by Crippen LogP contribution is -2.58. The summed E-state index contributed by atoms with van der Waals surface area (Å²) in [7, 11) is 0. The van der Waals surface area contributed by atoms with Gasteiger partial charge in [-0.05, 0) is 48.9 Å². The van der Waals surface area contributed by atoms with Gasteiger partial charge in [0.1, 0.15) is 11.9 Å². The molecule has 9 heteroatoms. The monoisotopic (exact) mass is 503 g/mol. The standard InChI is InChI=1S/C28H32N6O3/c1-33-23-16-21(34-17-28(18-34)11-13-37-14-12-28)9-7-20(23)8-10-22(27(33)36)29-26(35)25-30-24(31-32-25)15-19-5-3-2-4-6-19/h2-7,9,16,22H,8,10-15,17-18H2,1H3,(H,29,35)(H,30,31,32)/t22-/m0/s1/i1D3. The SMILES string of the molecule is [2H]C([2H])([2H])N1C(=O)[C@@H](NC(=O)c2n[nH]c(Cc3ccccc3)n2)CCc2ccc(N3CC4(CCOCC4)C3)cc21. The number of aromatic nitrogens is 3. The molecule has 37 heavy (non-hydrogen) atoms. The number of nitrogens with one attached hydrogen (secondary N) is 2. The van der Waals surface area contributed by atoms with Gasteiger partial charge < -0.3 is 19.9 Å². The van der Waals surface area contributed by atoms with Crippen molar-refractivity contribution in [3.63, 3.8) is 0 Å². The Morgan fingerprint density at radius 3 is 2.81 bits per heavy atom. The fourth-order valence-corrected chi connectivity index (χ4v) is 5.55. The first kappa shape index (κ1) is 20.4. The average Bonchev–Trinajstić information content (AvgIpc) is 3.33. The maximum absolute atomic E-state index is 13.7. The van der Waals surface area contributed by atoms with E-state index in [9.17, 15) is 9.59 Å². The molecule has 4 heterocycles. The Hall–Kier alpha value is -3.72. The fourth-order valence-electron chi connectivity index (χ4n) is 5.55. The zero-order chi connectivity index (χ0) is 27.9. The molecule has 192 valence electrons. The van der Waals surface area contributed by atoms with Crippen LogP contribution in [0.5, 0.6) is 0 Å². The molecule has 2 amide bonds. The van der Waals surface area contributed by atoms with Crippen LogP contribution in [-0.2, 0) is 22.4 Å². The zero-order valence-electron chi connectivity index (χ0n) is 23.6. The highest BCUT2D eigenvalue weighted by Crippen LogP contribution is 2.43. The number of carbonyl (C=O) groups is 2. The smallest absolute Gasteiger partial charge is 0.291 e. The summed E-state index contributed by atoms with van der Waals surface area (Å²) in [5, 5.41) is 9.48. The Balaban J connectivity index is 1.18. The number of amides is 2. The number of likely N-dealkylation sites (N-methyl/N-ethyl adjacent to an activating group) is 1. The van der Waals surface area contributed by atoms with Crippen LogP contribution in [0.4, 0.5) is 11.4 Å². The van der Waals surface area contributed by atoms with E-state index in [0.717, 1.165) is 60.9 Å². The first-order chi connectivity index (χ1) is 19.2. The van der Waals surface area contributed by atoms with Gasteiger partial charge in [0, 0.05) is 60.6 Å². The molecule has 9 nitrogen and oxygen atoms in total. The second-order valence-electron chi connectivity index (χ2n) is 10.3. The number of hydrogen-bond acceptors (Lipinski definition) is 6. The first-order valence-corrected chi connectivity index (χ1v) is 12.8. The van der Waals surface area contributed by atoms with Gasteiger partial charge in [0.05, 0.1) is 0 Å². The minimum Gasteiger partial charge on any atom is -0.381 e. The lowest BCUT2D eigenvalue weighted by atomic mass is 9.73. The van der Waals surface area contributed by atoms with Gasteiger partial charge in [-0.15, -0.1) is 5.10 Å². The molecule has 0 saturated carbocycles. The highest BCUT2D eigenvalue weighted by molar-refractivity contribution is 6.02. The summed E-state index contributed by atoms with van der Waals surface area (Å²) in [6, 6.07) is 14.3. The maximum atomic E-state index is 13.7. The molecule has 2 N–H and O–H groups in total. The zero-order valence-corrected chi connectivity index (χ0v) is 20.6. The van der Waals surface area contributed by atoms with Gasteiger partial charge in [0.2, 0.25) is 11.7 Å². The minimum absolute atomic E-state index is 0.0944. The van der Waals surface area contributed by atoms with Crippen molar-refractivity contribution in [3.05, 3.63) is 71.3 Å². The van der Waals surface area contributed by atoms with E-state index >= 15 is 0 Å². The number of hydrogen-bond donors (Lipinski definition) is 2. The molecule has 1 aromatic heterocycles. The average molecular weight is 504 g/mol. The van der Waals surface area contributed by atoms with Crippen molar-refractivity contribution in [1.29, 1.82) is 0 Å². The number of aryl methyl sites for hydroxylation is 1. The number of fused-ring (bicyclic) bond motifs is 1. The van der Waals surface area contributed by atoms with Gasteiger partial charge in [-0.2, -0.15) is 0 Å². The van der Waals surface area contributed by atoms with Crippen LogP contribution in [0.1, 0.15) is 50.9 Å². The van der Waals surface area contributed by atoms with E-state index in [-0.39, 0.29) is 17.7 Å². The van der Waals surface area contributed by atoms with Gasteiger partial charge in [-0.25, -0.2) is 4.98 Å². The van der Waals surface area contributed by atoms with E-state index in [1.54, 1.807) is 6.07 Å². The van der Waals surface area contributed by atoms with Crippen LogP contribution < -0.4 is 15.1 Å². The molecule has 2 fully saturated rings.